The molecule has 1 atom stereocenters. The van der Waals surface area contributed by atoms with Crippen LogP contribution >= 0.6 is 11.3 Å². The molecule has 0 bridgehead atoms. The Morgan fingerprint density at radius 1 is 1.00 bits per heavy atom. The normalized spacial score (nSPS) is 19.9. The molecule has 2 aliphatic heterocycles. The number of rotatable bonds is 8. The highest BCUT2D eigenvalue weighted by atomic mass is 32.2. The third kappa shape index (κ3) is 4.91. The summed E-state index contributed by atoms with van der Waals surface area (Å²) in [6.45, 7) is 2.96. The molecule has 36 heavy (non-hydrogen) atoms. The Kier molecular flexibility index (Phi) is 7.13. The third-order valence-corrected chi connectivity index (χ3v) is 12.6. The lowest BCUT2D eigenvalue weighted by Gasteiger charge is -2.39. The first-order chi connectivity index (χ1) is 17.2. The molecule has 9 heteroatoms. The number of hydrogen-bond acceptors (Lipinski definition) is 6. The van der Waals surface area contributed by atoms with E-state index >= 15 is 0 Å². The number of sulfone groups is 1. The fourth-order valence-corrected chi connectivity index (χ4v) is 10.0. The summed E-state index contributed by atoms with van der Waals surface area (Å²) in [5.41, 5.74) is 0.720. The maximum Gasteiger partial charge on any atom is 0.242 e. The van der Waals surface area contributed by atoms with Gasteiger partial charge in [0.15, 0.2) is 9.84 Å². The summed E-state index contributed by atoms with van der Waals surface area (Å²) in [6, 6.07) is 20.2. The van der Waals surface area contributed by atoms with Crippen LogP contribution in [0.15, 0.2) is 81.9 Å². The fourth-order valence-electron chi connectivity index (χ4n) is 5.68. The molecule has 0 aliphatic carbocycles. The molecular formula is C27H32N2O4S3. The summed E-state index contributed by atoms with van der Waals surface area (Å²) < 4.78 is 53.2. The van der Waals surface area contributed by atoms with Crippen molar-refractivity contribution in [3.63, 3.8) is 0 Å². The van der Waals surface area contributed by atoms with E-state index in [4.69, 9.17) is 0 Å². The second-order valence-corrected chi connectivity index (χ2v) is 15.0. The zero-order chi connectivity index (χ0) is 25.4. The molecule has 2 aromatic carbocycles. The van der Waals surface area contributed by atoms with E-state index in [0.29, 0.717) is 16.3 Å². The number of likely N-dealkylation sites (tertiary alicyclic amines) is 1. The van der Waals surface area contributed by atoms with Crippen molar-refractivity contribution in [3.05, 3.63) is 82.6 Å². The standard InChI is InChI=1S/C27H32N2O4S3/c1-28(36(32,33)23-8-3-2-4-9-23)20-22(25-11-7-19-34-25)13-16-29-17-14-27(15-18-29)21-35(30,31)26-12-6-5-10-24(26)27/h2-12,19,22H,13-18,20-21H2,1H3/t22-/m1/s1. The highest BCUT2D eigenvalue weighted by molar-refractivity contribution is 7.91. The average molecular weight is 545 g/mol. The molecule has 3 heterocycles. The van der Waals surface area contributed by atoms with E-state index in [1.807, 2.05) is 35.7 Å². The van der Waals surface area contributed by atoms with Gasteiger partial charge in [0, 0.05) is 29.8 Å². The number of piperidine rings is 1. The quantitative estimate of drug-likeness (QED) is 0.421. The van der Waals surface area contributed by atoms with Gasteiger partial charge in [-0.05, 0) is 74.1 Å². The predicted molar refractivity (Wildman–Crippen MR) is 144 cm³/mol. The first-order valence-corrected chi connectivity index (χ1v) is 16.3. The van der Waals surface area contributed by atoms with Crippen LogP contribution in [0.2, 0.25) is 0 Å². The molecular weight excluding hydrogens is 513 g/mol. The molecule has 1 aromatic heterocycles. The smallest absolute Gasteiger partial charge is 0.242 e. The van der Waals surface area contributed by atoms with Gasteiger partial charge in [-0.2, -0.15) is 0 Å². The number of benzene rings is 2. The van der Waals surface area contributed by atoms with Crippen LogP contribution in [-0.2, 0) is 25.3 Å². The Morgan fingerprint density at radius 3 is 2.39 bits per heavy atom. The van der Waals surface area contributed by atoms with Gasteiger partial charge < -0.3 is 4.90 Å². The molecule has 0 N–H and O–H groups in total. The van der Waals surface area contributed by atoms with Gasteiger partial charge in [0.1, 0.15) is 0 Å². The maximum absolute atomic E-state index is 13.1. The van der Waals surface area contributed by atoms with E-state index in [1.165, 1.54) is 9.18 Å². The van der Waals surface area contributed by atoms with Gasteiger partial charge >= 0.3 is 0 Å². The SMILES string of the molecule is CN(C[C@@H](CCN1CCC2(CC1)CS(=O)(=O)c1ccccc12)c1cccs1)S(=O)(=O)c1ccccc1. The Bertz CT molecular complexity index is 1400. The van der Waals surface area contributed by atoms with Gasteiger partial charge in [0.2, 0.25) is 10.0 Å². The lowest BCUT2D eigenvalue weighted by Crippen LogP contribution is -2.44. The molecule has 192 valence electrons. The minimum atomic E-state index is -3.56. The topological polar surface area (TPSA) is 74.8 Å². The lowest BCUT2D eigenvalue weighted by atomic mass is 9.74. The zero-order valence-corrected chi connectivity index (χ0v) is 22.9. The number of sulfonamides is 1. The van der Waals surface area contributed by atoms with Crippen molar-refractivity contribution in [2.24, 2.45) is 0 Å². The van der Waals surface area contributed by atoms with Crippen LogP contribution in [0.4, 0.5) is 0 Å². The summed E-state index contributed by atoms with van der Waals surface area (Å²) in [6.07, 6.45) is 2.50. The Morgan fingerprint density at radius 2 is 1.69 bits per heavy atom. The monoisotopic (exact) mass is 544 g/mol. The van der Waals surface area contributed by atoms with Crippen molar-refractivity contribution >= 4 is 31.2 Å². The van der Waals surface area contributed by atoms with Crippen LogP contribution in [0, 0.1) is 0 Å². The van der Waals surface area contributed by atoms with Gasteiger partial charge in [0.25, 0.3) is 0 Å². The molecule has 1 fully saturated rings. The van der Waals surface area contributed by atoms with Crippen molar-refractivity contribution in [1.29, 1.82) is 0 Å². The van der Waals surface area contributed by atoms with E-state index in [0.717, 1.165) is 44.5 Å². The van der Waals surface area contributed by atoms with Gasteiger partial charge in [-0.3, -0.25) is 0 Å². The fraction of sp³-hybridized carbons (Fsp3) is 0.407. The van der Waals surface area contributed by atoms with Crippen molar-refractivity contribution in [2.75, 3.05) is 39.0 Å². The number of nitrogens with zero attached hydrogens (tertiary/aromatic N) is 2. The summed E-state index contributed by atoms with van der Waals surface area (Å²) in [7, 11) is -5.11. The molecule has 1 spiro atoms. The minimum Gasteiger partial charge on any atom is -0.303 e. The maximum atomic E-state index is 13.1. The van der Waals surface area contributed by atoms with E-state index < -0.39 is 19.9 Å². The van der Waals surface area contributed by atoms with Gasteiger partial charge in [0.05, 0.1) is 15.5 Å². The number of hydrogen-bond donors (Lipinski definition) is 0. The molecule has 0 amide bonds. The second kappa shape index (κ2) is 10.0. The molecule has 0 radical (unpaired) electrons. The summed E-state index contributed by atoms with van der Waals surface area (Å²) in [4.78, 5) is 4.42. The van der Waals surface area contributed by atoms with Gasteiger partial charge in [-0.15, -0.1) is 11.3 Å². The van der Waals surface area contributed by atoms with Crippen LogP contribution < -0.4 is 0 Å². The summed E-state index contributed by atoms with van der Waals surface area (Å²) in [5.74, 6) is 0.310. The Balaban J connectivity index is 1.25. The highest BCUT2D eigenvalue weighted by Gasteiger charge is 2.48. The molecule has 1 saturated heterocycles. The Labute approximate surface area is 218 Å². The van der Waals surface area contributed by atoms with Crippen LogP contribution in [-0.4, -0.2) is 65.0 Å². The van der Waals surface area contributed by atoms with Crippen molar-refractivity contribution in [2.45, 2.75) is 40.4 Å². The Hall–Kier alpha value is -2.04. The first kappa shape index (κ1) is 25.6. The average Bonchev–Trinajstić information content (AvgIpc) is 3.49. The molecule has 2 aliphatic rings. The summed E-state index contributed by atoms with van der Waals surface area (Å²) in [5, 5.41) is 2.04. The van der Waals surface area contributed by atoms with Crippen LogP contribution in [0.3, 0.4) is 0 Å². The zero-order valence-electron chi connectivity index (χ0n) is 20.4. The molecule has 3 aromatic rings. The van der Waals surface area contributed by atoms with Gasteiger partial charge in [-0.25, -0.2) is 21.1 Å². The molecule has 5 rings (SSSR count). The molecule has 0 saturated carbocycles. The van der Waals surface area contributed by atoms with Crippen molar-refractivity contribution in [3.8, 4) is 0 Å². The van der Waals surface area contributed by atoms with E-state index in [9.17, 15) is 16.8 Å². The minimum absolute atomic E-state index is 0.0944. The number of likely N-dealkylation sites (N-methyl/N-ethyl adjacent to an activating group) is 1. The highest BCUT2D eigenvalue weighted by Crippen LogP contribution is 2.46. The van der Waals surface area contributed by atoms with Crippen molar-refractivity contribution in [1.82, 2.24) is 9.21 Å². The third-order valence-electron chi connectivity index (χ3n) is 7.74. The van der Waals surface area contributed by atoms with Crippen molar-refractivity contribution < 1.29 is 16.8 Å². The number of thiophene rings is 1. The second-order valence-electron chi connectivity index (χ2n) is 9.98. The number of fused-ring (bicyclic) bond motifs is 2. The van der Waals surface area contributed by atoms with Crippen LogP contribution in [0.25, 0.3) is 0 Å². The largest absolute Gasteiger partial charge is 0.303 e. The molecule has 0 unspecified atom stereocenters. The van der Waals surface area contributed by atoms with E-state index in [1.54, 1.807) is 48.7 Å². The van der Waals surface area contributed by atoms with E-state index in [-0.39, 0.29) is 17.1 Å². The lowest BCUT2D eigenvalue weighted by molar-refractivity contribution is 0.165. The van der Waals surface area contributed by atoms with Crippen LogP contribution in [0.5, 0.6) is 0 Å². The predicted octanol–water partition coefficient (Wildman–Crippen LogP) is 4.36. The molecule has 6 nitrogen and oxygen atoms in total. The summed E-state index contributed by atoms with van der Waals surface area (Å²) >= 11 is 1.67. The van der Waals surface area contributed by atoms with E-state index in [2.05, 4.69) is 11.0 Å². The van der Waals surface area contributed by atoms with Crippen LogP contribution in [0.1, 0.15) is 35.6 Å². The van der Waals surface area contributed by atoms with Gasteiger partial charge in [-0.1, -0.05) is 42.5 Å². The first-order valence-electron chi connectivity index (χ1n) is 12.3.